The van der Waals surface area contributed by atoms with Gasteiger partial charge in [-0.3, -0.25) is 9.67 Å². The van der Waals surface area contributed by atoms with Gasteiger partial charge in [-0.15, -0.1) is 0 Å². The molecule has 0 saturated heterocycles. The molecule has 2 rings (SSSR count). The van der Waals surface area contributed by atoms with Crippen LogP contribution in [0.4, 0.5) is 5.82 Å². The summed E-state index contributed by atoms with van der Waals surface area (Å²) in [5, 5.41) is 20.0. The molecular formula is C15H20N6. The van der Waals surface area contributed by atoms with Gasteiger partial charge in [-0.1, -0.05) is 6.07 Å². The van der Waals surface area contributed by atoms with Crippen LogP contribution < -0.4 is 10.6 Å². The molecule has 2 aromatic heterocycles. The zero-order valence-corrected chi connectivity index (χ0v) is 12.4. The van der Waals surface area contributed by atoms with Crippen LogP contribution in [0, 0.1) is 18.3 Å². The maximum absolute atomic E-state index is 9.12. The van der Waals surface area contributed by atoms with Crippen LogP contribution in [0.5, 0.6) is 0 Å². The average Bonchev–Trinajstić information content (AvgIpc) is 2.77. The average molecular weight is 284 g/mol. The molecule has 0 bridgehead atoms. The Morgan fingerprint density at radius 3 is 2.95 bits per heavy atom. The minimum Gasteiger partial charge on any atom is -0.369 e. The quantitative estimate of drug-likeness (QED) is 0.755. The molecule has 0 aliphatic rings. The number of nitriles is 1. The van der Waals surface area contributed by atoms with E-state index in [1.807, 2.05) is 26.2 Å². The van der Waals surface area contributed by atoms with Crippen LogP contribution in [0.1, 0.15) is 23.2 Å². The van der Waals surface area contributed by atoms with Crippen molar-refractivity contribution < 1.29 is 0 Å². The van der Waals surface area contributed by atoms with Crippen molar-refractivity contribution in [3.05, 3.63) is 41.3 Å². The number of hydrogen-bond acceptors (Lipinski definition) is 5. The third-order valence-corrected chi connectivity index (χ3v) is 3.21. The third kappa shape index (κ3) is 4.04. The summed E-state index contributed by atoms with van der Waals surface area (Å²) in [6.45, 7) is 4.37. The number of pyridine rings is 1. The van der Waals surface area contributed by atoms with Crippen LogP contribution in [0.15, 0.2) is 24.5 Å². The molecule has 0 spiro atoms. The van der Waals surface area contributed by atoms with Crippen molar-refractivity contribution in [1.29, 1.82) is 5.26 Å². The van der Waals surface area contributed by atoms with Crippen molar-refractivity contribution >= 4 is 5.82 Å². The lowest BCUT2D eigenvalue weighted by atomic mass is 10.2. The Bertz CT molecular complexity index is 611. The van der Waals surface area contributed by atoms with Gasteiger partial charge in [-0.25, -0.2) is 0 Å². The number of anilines is 1. The lowest BCUT2D eigenvalue weighted by molar-refractivity contribution is 0.658. The summed E-state index contributed by atoms with van der Waals surface area (Å²) in [5.41, 5.74) is 2.57. The van der Waals surface area contributed by atoms with E-state index in [1.165, 1.54) is 5.56 Å². The van der Waals surface area contributed by atoms with Crippen molar-refractivity contribution in [1.82, 2.24) is 20.1 Å². The van der Waals surface area contributed by atoms with Crippen molar-refractivity contribution in [2.45, 2.75) is 19.9 Å². The maximum atomic E-state index is 9.12. The highest BCUT2D eigenvalue weighted by molar-refractivity contribution is 5.54. The first kappa shape index (κ1) is 15.0. The summed E-state index contributed by atoms with van der Waals surface area (Å²) in [4.78, 5) is 4.08. The SMILES string of the molecule is Cc1nn(C)c(NCCCNCc2cccnc2)c1C#N. The largest absolute Gasteiger partial charge is 0.369 e. The van der Waals surface area contributed by atoms with Crippen molar-refractivity contribution in [2.24, 2.45) is 7.05 Å². The maximum Gasteiger partial charge on any atom is 0.142 e. The van der Waals surface area contributed by atoms with Gasteiger partial charge in [0, 0.05) is 32.5 Å². The topological polar surface area (TPSA) is 78.6 Å². The first-order valence-corrected chi connectivity index (χ1v) is 6.99. The molecule has 0 aromatic carbocycles. The molecule has 6 heteroatoms. The molecule has 0 radical (unpaired) electrons. The van der Waals surface area contributed by atoms with Gasteiger partial charge in [0.15, 0.2) is 0 Å². The van der Waals surface area contributed by atoms with Gasteiger partial charge in [0.05, 0.1) is 5.69 Å². The molecule has 2 aromatic rings. The Labute approximate surface area is 124 Å². The molecule has 0 aliphatic heterocycles. The van der Waals surface area contributed by atoms with Gasteiger partial charge < -0.3 is 10.6 Å². The van der Waals surface area contributed by atoms with Gasteiger partial charge in [0.25, 0.3) is 0 Å². The first-order chi connectivity index (χ1) is 10.2. The van der Waals surface area contributed by atoms with Gasteiger partial charge in [-0.2, -0.15) is 10.4 Å². The highest BCUT2D eigenvalue weighted by atomic mass is 15.3. The second kappa shape index (κ2) is 7.41. The zero-order valence-electron chi connectivity index (χ0n) is 12.4. The molecule has 0 unspecified atom stereocenters. The predicted molar refractivity (Wildman–Crippen MR) is 81.7 cm³/mol. The second-order valence-electron chi connectivity index (χ2n) is 4.86. The van der Waals surface area contributed by atoms with Crippen LogP contribution in [0.25, 0.3) is 0 Å². The molecule has 0 atom stereocenters. The monoisotopic (exact) mass is 284 g/mol. The summed E-state index contributed by atoms with van der Waals surface area (Å²) in [6, 6.07) is 6.18. The molecular weight excluding hydrogens is 264 g/mol. The molecule has 0 aliphatic carbocycles. The van der Waals surface area contributed by atoms with Gasteiger partial charge >= 0.3 is 0 Å². The van der Waals surface area contributed by atoms with E-state index in [9.17, 15) is 0 Å². The van der Waals surface area contributed by atoms with Crippen LogP contribution in [-0.4, -0.2) is 27.9 Å². The Balaban J connectivity index is 1.70. The summed E-state index contributed by atoms with van der Waals surface area (Å²) >= 11 is 0. The van der Waals surface area contributed by atoms with Crippen LogP contribution in [0.3, 0.4) is 0 Å². The molecule has 21 heavy (non-hydrogen) atoms. The van der Waals surface area contributed by atoms with E-state index in [2.05, 4.69) is 32.9 Å². The van der Waals surface area contributed by atoms with Crippen molar-refractivity contribution in [3.63, 3.8) is 0 Å². The van der Waals surface area contributed by atoms with Gasteiger partial charge in [0.2, 0.25) is 0 Å². The molecule has 6 nitrogen and oxygen atoms in total. The summed E-state index contributed by atoms with van der Waals surface area (Å²) in [5.74, 6) is 0.794. The highest BCUT2D eigenvalue weighted by Crippen LogP contribution is 2.16. The Hall–Kier alpha value is -2.39. The smallest absolute Gasteiger partial charge is 0.142 e. The predicted octanol–water partition coefficient (Wildman–Crippen LogP) is 1.59. The number of nitrogens with zero attached hydrogens (tertiary/aromatic N) is 4. The third-order valence-electron chi connectivity index (χ3n) is 3.21. The van der Waals surface area contributed by atoms with Gasteiger partial charge in [0.1, 0.15) is 17.5 Å². The van der Waals surface area contributed by atoms with E-state index in [0.717, 1.165) is 37.6 Å². The fourth-order valence-corrected chi connectivity index (χ4v) is 2.15. The number of rotatable bonds is 7. The van der Waals surface area contributed by atoms with E-state index < -0.39 is 0 Å². The number of aryl methyl sites for hydroxylation is 2. The number of hydrogen-bond donors (Lipinski definition) is 2. The Kier molecular flexibility index (Phi) is 5.29. The summed E-state index contributed by atoms with van der Waals surface area (Å²) in [6.07, 6.45) is 4.61. The lowest BCUT2D eigenvalue weighted by Crippen LogP contribution is -2.18. The molecule has 0 saturated carbocycles. The van der Waals surface area contributed by atoms with Crippen LogP contribution >= 0.6 is 0 Å². The van der Waals surface area contributed by atoms with Crippen LogP contribution in [-0.2, 0) is 13.6 Å². The Morgan fingerprint density at radius 2 is 2.24 bits per heavy atom. The fourth-order valence-electron chi connectivity index (χ4n) is 2.15. The molecule has 2 N–H and O–H groups in total. The van der Waals surface area contributed by atoms with E-state index in [-0.39, 0.29) is 0 Å². The number of nitrogens with one attached hydrogen (secondary N) is 2. The molecule has 0 fully saturated rings. The van der Waals surface area contributed by atoms with Crippen LogP contribution in [0.2, 0.25) is 0 Å². The van der Waals surface area contributed by atoms with Gasteiger partial charge in [-0.05, 0) is 31.5 Å². The lowest BCUT2D eigenvalue weighted by Gasteiger charge is -2.08. The van der Waals surface area contributed by atoms with E-state index in [1.54, 1.807) is 10.9 Å². The zero-order chi connectivity index (χ0) is 15.1. The first-order valence-electron chi connectivity index (χ1n) is 6.99. The summed E-state index contributed by atoms with van der Waals surface area (Å²) in [7, 11) is 1.84. The molecule has 110 valence electrons. The molecule has 0 amide bonds. The van der Waals surface area contributed by atoms with E-state index in [4.69, 9.17) is 5.26 Å². The normalized spacial score (nSPS) is 10.3. The highest BCUT2D eigenvalue weighted by Gasteiger charge is 2.11. The van der Waals surface area contributed by atoms with Crippen molar-refractivity contribution in [3.8, 4) is 6.07 Å². The minimum absolute atomic E-state index is 0.626. The second-order valence-corrected chi connectivity index (χ2v) is 4.86. The Morgan fingerprint density at radius 1 is 1.38 bits per heavy atom. The molecule has 2 heterocycles. The van der Waals surface area contributed by atoms with E-state index >= 15 is 0 Å². The standard InChI is InChI=1S/C15H20N6/c1-12-14(9-16)15(21(2)20-12)19-8-4-7-18-11-13-5-3-6-17-10-13/h3,5-6,10,18-19H,4,7-8,11H2,1-2H3. The fraction of sp³-hybridized carbons (Fsp3) is 0.400. The summed E-state index contributed by atoms with van der Waals surface area (Å²) < 4.78 is 1.72. The van der Waals surface area contributed by atoms with E-state index in [0.29, 0.717) is 5.56 Å². The van der Waals surface area contributed by atoms with Crippen molar-refractivity contribution in [2.75, 3.05) is 18.4 Å². The minimum atomic E-state index is 0.626. The number of aromatic nitrogens is 3.